The molecule has 2 atom stereocenters. The van der Waals surface area contributed by atoms with E-state index in [1.807, 2.05) is 56.3 Å². The maximum atomic E-state index is 13.1. The largest absolute Gasteiger partial charge is 0.483 e. The van der Waals surface area contributed by atoms with Crippen LogP contribution in [-0.4, -0.2) is 80.2 Å². The number of aromatic nitrogens is 3. The SMILES string of the molecule is Cc1cc2ncc(C(=O)N3CC[C@](O)(c4ccccc4)[C@H](N(C)C)C3)c(=O)n2[nH]1.O=CO. The summed E-state index contributed by atoms with van der Waals surface area (Å²) in [5, 5.41) is 21.3. The number of carboxylic acid groups (broad SMARTS) is 1. The number of hydrogen-bond acceptors (Lipinski definition) is 6. The molecule has 0 radical (unpaired) electrons. The van der Waals surface area contributed by atoms with Crippen LogP contribution in [0, 0.1) is 6.92 Å². The highest BCUT2D eigenvalue weighted by Gasteiger charge is 2.45. The predicted octanol–water partition coefficient (Wildman–Crippen LogP) is 0.696. The lowest BCUT2D eigenvalue weighted by molar-refractivity contribution is -0.122. The Balaban J connectivity index is 0.000000913. The third kappa shape index (κ3) is 4.27. The molecule has 1 aliphatic rings. The van der Waals surface area contributed by atoms with Gasteiger partial charge in [-0.15, -0.1) is 0 Å². The molecular formula is C22H27N5O5. The first-order valence-electron chi connectivity index (χ1n) is 10.1. The van der Waals surface area contributed by atoms with Gasteiger partial charge < -0.3 is 20.0 Å². The van der Waals surface area contributed by atoms with Crippen LogP contribution in [0.1, 0.15) is 28.0 Å². The molecular weight excluding hydrogens is 414 g/mol. The van der Waals surface area contributed by atoms with Gasteiger partial charge in [0.2, 0.25) is 0 Å². The highest BCUT2D eigenvalue weighted by atomic mass is 16.3. The Morgan fingerprint density at radius 3 is 2.59 bits per heavy atom. The fourth-order valence-corrected chi connectivity index (χ4v) is 4.16. The number of benzene rings is 1. The summed E-state index contributed by atoms with van der Waals surface area (Å²) < 4.78 is 1.29. The zero-order chi connectivity index (χ0) is 23.5. The molecule has 4 rings (SSSR count). The molecule has 1 fully saturated rings. The van der Waals surface area contributed by atoms with Gasteiger partial charge in [-0.3, -0.25) is 19.5 Å². The standard InChI is InChI=1S/C21H25N5O3.CH2O2/c1-14-11-18-22-12-16(20(28)26(18)23-14)19(27)25-10-9-21(29,17(13-25)24(2)3)15-7-5-4-6-8-15;2-1-3/h4-8,11-12,17,23,29H,9-10,13H2,1-3H3;1H,(H,2,3)/t17-,21+;/m1./s1. The number of rotatable bonds is 3. The van der Waals surface area contributed by atoms with E-state index < -0.39 is 11.2 Å². The number of H-pyrrole nitrogens is 1. The summed E-state index contributed by atoms with van der Waals surface area (Å²) >= 11 is 0. The van der Waals surface area contributed by atoms with Crippen molar-refractivity contribution in [2.75, 3.05) is 27.2 Å². The molecule has 10 heteroatoms. The van der Waals surface area contributed by atoms with Crippen LogP contribution in [0.15, 0.2) is 47.4 Å². The molecule has 1 aliphatic heterocycles. The number of likely N-dealkylation sites (tertiary alicyclic amines) is 1. The number of carbonyl (C=O) groups is 2. The smallest absolute Gasteiger partial charge is 0.290 e. The van der Waals surface area contributed by atoms with E-state index in [9.17, 15) is 14.7 Å². The Morgan fingerprint density at radius 1 is 1.31 bits per heavy atom. The molecule has 0 aliphatic carbocycles. The molecule has 10 nitrogen and oxygen atoms in total. The van der Waals surface area contributed by atoms with Gasteiger partial charge >= 0.3 is 0 Å². The van der Waals surface area contributed by atoms with Gasteiger partial charge in [-0.2, -0.15) is 0 Å². The molecule has 3 N–H and O–H groups in total. The van der Waals surface area contributed by atoms with Crippen LogP contribution in [-0.2, 0) is 10.4 Å². The number of aromatic amines is 1. The predicted molar refractivity (Wildman–Crippen MR) is 118 cm³/mol. The van der Waals surface area contributed by atoms with Crippen molar-refractivity contribution in [3.63, 3.8) is 0 Å². The summed E-state index contributed by atoms with van der Waals surface area (Å²) in [4.78, 5) is 42.1. The van der Waals surface area contributed by atoms with Crippen LogP contribution < -0.4 is 5.56 Å². The summed E-state index contributed by atoms with van der Waals surface area (Å²) in [6.45, 7) is 2.23. The van der Waals surface area contributed by atoms with Gasteiger partial charge in [0, 0.05) is 31.0 Å². The first-order chi connectivity index (χ1) is 15.2. The highest BCUT2D eigenvalue weighted by molar-refractivity contribution is 5.94. The Labute approximate surface area is 184 Å². The monoisotopic (exact) mass is 441 g/mol. The Kier molecular flexibility index (Phi) is 6.75. The van der Waals surface area contributed by atoms with Gasteiger partial charge in [0.25, 0.3) is 17.9 Å². The van der Waals surface area contributed by atoms with E-state index in [-0.39, 0.29) is 24.0 Å². The van der Waals surface area contributed by atoms with Gasteiger partial charge in [-0.25, -0.2) is 9.50 Å². The van der Waals surface area contributed by atoms with E-state index in [0.29, 0.717) is 25.2 Å². The topological polar surface area (TPSA) is 131 Å². The van der Waals surface area contributed by atoms with Gasteiger partial charge in [0.15, 0.2) is 5.65 Å². The van der Waals surface area contributed by atoms with Gasteiger partial charge in [0.1, 0.15) is 11.2 Å². The summed E-state index contributed by atoms with van der Waals surface area (Å²) in [6.07, 6.45) is 1.72. The van der Waals surface area contributed by atoms with Crippen molar-refractivity contribution in [2.24, 2.45) is 0 Å². The number of aryl methyl sites for hydroxylation is 1. The molecule has 0 unspecified atom stereocenters. The summed E-state index contributed by atoms with van der Waals surface area (Å²) in [5.74, 6) is -0.369. The van der Waals surface area contributed by atoms with Crippen LogP contribution in [0.25, 0.3) is 5.65 Å². The number of likely N-dealkylation sites (N-methyl/N-ethyl adjacent to an activating group) is 1. The second-order valence-electron chi connectivity index (χ2n) is 7.99. The second kappa shape index (κ2) is 9.33. The third-order valence-electron chi connectivity index (χ3n) is 5.74. The number of aliphatic hydroxyl groups is 1. The Hall–Kier alpha value is -3.50. The molecule has 3 heterocycles. The zero-order valence-electron chi connectivity index (χ0n) is 18.2. The molecule has 0 spiro atoms. The van der Waals surface area contributed by atoms with Crippen molar-refractivity contribution < 1.29 is 19.8 Å². The minimum atomic E-state index is -1.07. The lowest BCUT2D eigenvalue weighted by atomic mass is 9.79. The second-order valence-corrected chi connectivity index (χ2v) is 7.99. The fraction of sp³-hybridized carbons (Fsp3) is 0.364. The van der Waals surface area contributed by atoms with E-state index in [2.05, 4.69) is 10.1 Å². The first-order valence-corrected chi connectivity index (χ1v) is 10.1. The summed E-state index contributed by atoms with van der Waals surface area (Å²) in [7, 11) is 3.77. The van der Waals surface area contributed by atoms with Crippen molar-refractivity contribution in [1.29, 1.82) is 0 Å². The van der Waals surface area contributed by atoms with Crippen molar-refractivity contribution >= 4 is 18.0 Å². The number of piperidine rings is 1. The highest BCUT2D eigenvalue weighted by Crippen LogP contribution is 2.35. The van der Waals surface area contributed by atoms with E-state index in [1.54, 1.807) is 11.0 Å². The average Bonchev–Trinajstić information content (AvgIpc) is 3.16. The van der Waals surface area contributed by atoms with Crippen molar-refractivity contribution in [1.82, 2.24) is 24.4 Å². The molecule has 1 amide bonds. The minimum Gasteiger partial charge on any atom is -0.483 e. The number of hydrogen-bond donors (Lipinski definition) is 3. The first kappa shape index (κ1) is 23.2. The molecule has 0 bridgehead atoms. The lowest BCUT2D eigenvalue weighted by Crippen LogP contribution is -2.60. The van der Waals surface area contributed by atoms with E-state index in [0.717, 1.165) is 11.3 Å². The van der Waals surface area contributed by atoms with Crippen LogP contribution in [0.4, 0.5) is 0 Å². The summed E-state index contributed by atoms with van der Waals surface area (Å²) in [6, 6.07) is 11.0. The maximum absolute atomic E-state index is 13.1. The van der Waals surface area contributed by atoms with Crippen LogP contribution in [0.5, 0.6) is 0 Å². The number of nitrogens with one attached hydrogen (secondary N) is 1. The van der Waals surface area contributed by atoms with Gasteiger partial charge in [-0.1, -0.05) is 30.3 Å². The van der Waals surface area contributed by atoms with Crippen LogP contribution in [0.2, 0.25) is 0 Å². The van der Waals surface area contributed by atoms with Crippen molar-refractivity contribution in [3.05, 3.63) is 69.8 Å². The van der Waals surface area contributed by atoms with Crippen LogP contribution >= 0.6 is 0 Å². The minimum absolute atomic E-state index is 0.0204. The van der Waals surface area contributed by atoms with E-state index in [4.69, 9.17) is 9.90 Å². The number of amides is 1. The van der Waals surface area contributed by atoms with Crippen LogP contribution in [0.3, 0.4) is 0 Å². The maximum Gasteiger partial charge on any atom is 0.290 e. The Morgan fingerprint density at radius 2 is 1.97 bits per heavy atom. The Bertz CT molecular complexity index is 1160. The average molecular weight is 441 g/mol. The number of carbonyl (C=O) groups excluding carboxylic acids is 1. The van der Waals surface area contributed by atoms with Crippen molar-refractivity contribution in [3.8, 4) is 0 Å². The summed E-state index contributed by atoms with van der Waals surface area (Å²) in [5.41, 5.74) is 0.626. The normalized spacial score (nSPS) is 20.7. The van der Waals surface area contributed by atoms with E-state index >= 15 is 0 Å². The zero-order valence-corrected chi connectivity index (χ0v) is 18.2. The lowest BCUT2D eigenvalue weighted by Gasteiger charge is -2.47. The quantitative estimate of drug-likeness (QED) is 0.510. The molecule has 32 heavy (non-hydrogen) atoms. The molecule has 1 aromatic carbocycles. The van der Waals surface area contributed by atoms with Gasteiger partial charge in [0.05, 0.1) is 6.04 Å². The van der Waals surface area contributed by atoms with Crippen molar-refractivity contribution in [2.45, 2.75) is 25.0 Å². The number of fused-ring (bicyclic) bond motifs is 1. The fourth-order valence-electron chi connectivity index (χ4n) is 4.16. The molecule has 2 aromatic heterocycles. The number of nitrogens with zero attached hydrogens (tertiary/aromatic N) is 4. The third-order valence-corrected chi connectivity index (χ3v) is 5.74. The molecule has 1 saturated heterocycles. The molecule has 3 aromatic rings. The van der Waals surface area contributed by atoms with E-state index in [1.165, 1.54) is 10.7 Å². The molecule has 0 saturated carbocycles. The molecule has 170 valence electrons. The van der Waals surface area contributed by atoms with Gasteiger partial charge in [-0.05, 0) is 33.0 Å².